The van der Waals surface area contributed by atoms with Crippen molar-refractivity contribution in [3.63, 3.8) is 0 Å². The molecule has 0 saturated carbocycles. The summed E-state index contributed by atoms with van der Waals surface area (Å²) in [6.07, 6.45) is 4.71. The molecule has 1 N–H and O–H groups in total. The van der Waals surface area contributed by atoms with Gasteiger partial charge in [0.25, 0.3) is 5.91 Å². The highest BCUT2D eigenvalue weighted by molar-refractivity contribution is 6.14. The molecule has 0 radical (unpaired) electrons. The molecule has 0 fully saturated rings. The fraction of sp³-hybridized carbons (Fsp3) is 0.419. The van der Waals surface area contributed by atoms with Crippen molar-refractivity contribution in [2.24, 2.45) is 5.92 Å². The normalized spacial score (nSPS) is 15.8. The zero-order valence-electron chi connectivity index (χ0n) is 23.1. The van der Waals surface area contributed by atoms with E-state index in [0.29, 0.717) is 49.2 Å². The number of benzene rings is 2. The second kappa shape index (κ2) is 13.8. The van der Waals surface area contributed by atoms with E-state index in [2.05, 4.69) is 13.8 Å². The number of rotatable bonds is 14. The van der Waals surface area contributed by atoms with Gasteiger partial charge in [-0.3, -0.25) is 9.59 Å². The summed E-state index contributed by atoms with van der Waals surface area (Å²) in [5.74, 6) is 0.223. The molecule has 1 unspecified atom stereocenters. The Kier molecular flexibility index (Phi) is 10.5. The van der Waals surface area contributed by atoms with E-state index in [1.165, 1.54) is 6.08 Å². The first kappa shape index (κ1) is 29.0. The quantitative estimate of drug-likeness (QED) is 0.334. The van der Waals surface area contributed by atoms with Crippen LogP contribution in [0, 0.1) is 5.92 Å². The Morgan fingerprint density at radius 3 is 2.50 bits per heavy atom. The van der Waals surface area contributed by atoms with Crippen molar-refractivity contribution in [2.45, 2.75) is 39.7 Å². The monoisotopic (exact) mass is 520 g/mol. The van der Waals surface area contributed by atoms with E-state index in [4.69, 9.17) is 9.47 Å². The first-order valence-electron chi connectivity index (χ1n) is 13.3. The Morgan fingerprint density at radius 1 is 1.11 bits per heavy atom. The van der Waals surface area contributed by atoms with E-state index in [0.717, 1.165) is 18.5 Å². The molecule has 7 nitrogen and oxygen atoms in total. The van der Waals surface area contributed by atoms with Crippen LogP contribution in [0.4, 0.5) is 0 Å². The Bertz CT molecular complexity index is 1150. The summed E-state index contributed by atoms with van der Waals surface area (Å²) >= 11 is 0. The van der Waals surface area contributed by atoms with Gasteiger partial charge in [0.15, 0.2) is 23.0 Å². The Labute approximate surface area is 226 Å². The number of amides is 1. The minimum Gasteiger partial charge on any atom is -0.503 e. The number of carbonyl (C=O) groups excluding carboxylic acids is 2. The van der Waals surface area contributed by atoms with E-state index in [1.807, 2.05) is 74.4 Å². The largest absolute Gasteiger partial charge is 0.503 e. The van der Waals surface area contributed by atoms with Gasteiger partial charge in [-0.05, 0) is 75.7 Å². The smallest absolute Gasteiger partial charge is 0.290 e. The first-order valence-corrected chi connectivity index (χ1v) is 13.3. The molecular weight excluding hydrogens is 480 g/mol. The van der Waals surface area contributed by atoms with Crippen molar-refractivity contribution in [3.05, 3.63) is 77.1 Å². The second-order valence-corrected chi connectivity index (χ2v) is 10.1. The third-order valence-corrected chi connectivity index (χ3v) is 6.34. The first-order chi connectivity index (χ1) is 18.2. The molecule has 1 amide bonds. The minimum absolute atomic E-state index is 0.0722. The van der Waals surface area contributed by atoms with E-state index in [1.54, 1.807) is 11.0 Å². The lowest BCUT2D eigenvalue weighted by molar-refractivity contribution is -0.129. The van der Waals surface area contributed by atoms with Crippen LogP contribution in [0.15, 0.2) is 65.9 Å². The number of hydrogen-bond acceptors (Lipinski definition) is 6. The van der Waals surface area contributed by atoms with Crippen molar-refractivity contribution in [1.82, 2.24) is 9.80 Å². The lowest BCUT2D eigenvalue weighted by Gasteiger charge is -2.28. The topological polar surface area (TPSA) is 79.3 Å². The van der Waals surface area contributed by atoms with Crippen LogP contribution in [0.25, 0.3) is 6.08 Å². The van der Waals surface area contributed by atoms with Crippen LogP contribution >= 0.6 is 0 Å². The third-order valence-electron chi connectivity index (χ3n) is 6.34. The molecule has 2 aromatic carbocycles. The maximum absolute atomic E-state index is 13.4. The summed E-state index contributed by atoms with van der Waals surface area (Å²) in [5, 5.41) is 10.9. The molecule has 0 spiro atoms. The van der Waals surface area contributed by atoms with Crippen LogP contribution in [0.1, 0.15) is 50.8 Å². The molecule has 7 heteroatoms. The second-order valence-electron chi connectivity index (χ2n) is 10.1. The number of ether oxygens (including phenoxy) is 2. The summed E-state index contributed by atoms with van der Waals surface area (Å²) < 4.78 is 11.9. The van der Waals surface area contributed by atoms with Gasteiger partial charge in [0.05, 0.1) is 24.8 Å². The maximum Gasteiger partial charge on any atom is 0.290 e. The van der Waals surface area contributed by atoms with E-state index >= 15 is 0 Å². The van der Waals surface area contributed by atoms with E-state index in [-0.39, 0.29) is 5.57 Å². The molecule has 1 aliphatic heterocycles. The SMILES string of the molecule is CCOc1cc(C2C(C(=O)/C=C/c3ccccc3)=C(O)C(=O)N2CCCN(C)C)ccc1OCCC(C)C. The Morgan fingerprint density at radius 2 is 1.84 bits per heavy atom. The number of allylic oxidation sites excluding steroid dienone is 1. The summed E-state index contributed by atoms with van der Waals surface area (Å²) in [4.78, 5) is 30.2. The summed E-state index contributed by atoms with van der Waals surface area (Å²) in [5.41, 5.74) is 1.61. The van der Waals surface area contributed by atoms with Gasteiger partial charge in [-0.15, -0.1) is 0 Å². The van der Waals surface area contributed by atoms with Gasteiger partial charge in [-0.2, -0.15) is 0 Å². The molecule has 0 aromatic heterocycles. The molecule has 3 rings (SSSR count). The van der Waals surface area contributed by atoms with Crippen LogP contribution in [-0.2, 0) is 9.59 Å². The van der Waals surface area contributed by atoms with Crippen molar-refractivity contribution in [1.29, 1.82) is 0 Å². The molecule has 0 aliphatic carbocycles. The van der Waals surface area contributed by atoms with Crippen molar-refractivity contribution < 1.29 is 24.2 Å². The Hall–Kier alpha value is -3.58. The fourth-order valence-corrected chi connectivity index (χ4v) is 4.35. The molecule has 1 atom stereocenters. The number of aliphatic hydroxyl groups excluding tert-OH is 1. The average molecular weight is 521 g/mol. The van der Waals surface area contributed by atoms with Gasteiger partial charge >= 0.3 is 0 Å². The number of carbonyl (C=O) groups is 2. The fourth-order valence-electron chi connectivity index (χ4n) is 4.35. The molecule has 2 aromatic rings. The van der Waals surface area contributed by atoms with Gasteiger partial charge in [0.2, 0.25) is 0 Å². The van der Waals surface area contributed by atoms with Crippen molar-refractivity contribution in [2.75, 3.05) is 40.4 Å². The van der Waals surface area contributed by atoms with Crippen LogP contribution in [0.3, 0.4) is 0 Å². The van der Waals surface area contributed by atoms with Crippen LogP contribution in [-0.4, -0.2) is 67.0 Å². The lowest BCUT2D eigenvalue weighted by atomic mass is 9.95. The molecule has 1 aliphatic rings. The van der Waals surface area contributed by atoms with E-state index < -0.39 is 23.5 Å². The number of nitrogens with zero attached hydrogens (tertiary/aromatic N) is 2. The summed E-state index contributed by atoms with van der Waals surface area (Å²) in [7, 11) is 3.93. The van der Waals surface area contributed by atoms with Crippen LogP contribution in [0.5, 0.6) is 11.5 Å². The summed E-state index contributed by atoms with van der Waals surface area (Å²) in [6, 6.07) is 14.2. The molecule has 38 heavy (non-hydrogen) atoms. The van der Waals surface area contributed by atoms with Gasteiger partial charge in [-0.25, -0.2) is 0 Å². The average Bonchev–Trinajstić information content (AvgIpc) is 3.13. The molecule has 0 saturated heterocycles. The molecule has 1 heterocycles. The Balaban J connectivity index is 1.98. The summed E-state index contributed by atoms with van der Waals surface area (Å²) in [6.45, 7) is 8.33. The predicted molar refractivity (Wildman–Crippen MR) is 150 cm³/mol. The predicted octanol–water partition coefficient (Wildman–Crippen LogP) is 5.44. The van der Waals surface area contributed by atoms with E-state index in [9.17, 15) is 14.7 Å². The lowest BCUT2D eigenvalue weighted by Crippen LogP contribution is -2.33. The highest BCUT2D eigenvalue weighted by Gasteiger charge is 2.42. The van der Waals surface area contributed by atoms with Gasteiger partial charge in [-0.1, -0.05) is 56.3 Å². The number of aliphatic hydroxyl groups is 1. The highest BCUT2D eigenvalue weighted by Crippen LogP contribution is 2.41. The maximum atomic E-state index is 13.4. The molecular formula is C31H40N2O5. The standard InChI is InChI=1S/C31H40N2O5/c1-6-37-27-21-24(14-16-26(27)38-20-17-22(2)3)29-28(25(34)15-13-23-11-8-7-9-12-23)30(35)31(36)33(29)19-10-18-32(4)5/h7-9,11-16,21-22,29,35H,6,10,17-20H2,1-5H3/b15-13+. The molecule has 204 valence electrons. The molecule has 0 bridgehead atoms. The van der Waals surface area contributed by atoms with Gasteiger partial charge in [0.1, 0.15) is 0 Å². The highest BCUT2D eigenvalue weighted by atomic mass is 16.5. The number of hydrogen-bond donors (Lipinski definition) is 1. The van der Waals surface area contributed by atoms with Gasteiger partial charge < -0.3 is 24.4 Å². The minimum atomic E-state index is -0.735. The van der Waals surface area contributed by atoms with Crippen LogP contribution in [0.2, 0.25) is 0 Å². The number of ketones is 1. The van der Waals surface area contributed by atoms with Crippen LogP contribution < -0.4 is 9.47 Å². The zero-order valence-corrected chi connectivity index (χ0v) is 23.1. The van der Waals surface area contributed by atoms with Crippen molar-refractivity contribution in [3.8, 4) is 11.5 Å². The third kappa shape index (κ3) is 7.48. The van der Waals surface area contributed by atoms with Gasteiger partial charge in [0, 0.05) is 6.54 Å². The van der Waals surface area contributed by atoms with Crippen molar-refractivity contribution >= 4 is 17.8 Å². The zero-order chi connectivity index (χ0) is 27.7.